The van der Waals surface area contributed by atoms with Crippen LogP contribution in [0.2, 0.25) is 0 Å². The molecule has 1 unspecified atom stereocenters. The number of aryl methyl sites for hydroxylation is 2. The van der Waals surface area contributed by atoms with Crippen LogP contribution in [0.4, 0.5) is 8.78 Å². The van der Waals surface area contributed by atoms with Crippen LogP contribution < -0.4 is 0 Å². The van der Waals surface area contributed by atoms with E-state index in [1.54, 1.807) is 12.1 Å². The first kappa shape index (κ1) is 25.9. The van der Waals surface area contributed by atoms with Gasteiger partial charge in [-0.25, -0.2) is 8.78 Å². The van der Waals surface area contributed by atoms with Gasteiger partial charge in [0.25, 0.3) is 0 Å². The average Bonchev–Trinajstić information content (AvgIpc) is 2.90. The Morgan fingerprint density at radius 1 is 0.886 bits per heavy atom. The van der Waals surface area contributed by atoms with Crippen LogP contribution in [0.5, 0.6) is 0 Å². The molecule has 1 saturated carbocycles. The number of halogens is 2. The second-order valence-electron chi connectivity index (χ2n) is 10.7. The van der Waals surface area contributed by atoms with E-state index in [9.17, 15) is 4.39 Å². The van der Waals surface area contributed by atoms with Gasteiger partial charge in [0, 0.05) is 5.56 Å². The molecular formula is C33H42F2. The van der Waals surface area contributed by atoms with Crippen molar-refractivity contribution < 1.29 is 8.78 Å². The lowest BCUT2D eigenvalue weighted by Crippen LogP contribution is -2.12. The Kier molecular flexibility index (Phi) is 9.35. The van der Waals surface area contributed by atoms with E-state index in [4.69, 9.17) is 0 Å². The van der Waals surface area contributed by atoms with E-state index < -0.39 is 11.6 Å². The molecule has 0 nitrogen and oxygen atoms in total. The van der Waals surface area contributed by atoms with E-state index >= 15 is 4.39 Å². The predicted octanol–water partition coefficient (Wildman–Crippen LogP) is 9.97. The summed E-state index contributed by atoms with van der Waals surface area (Å²) >= 11 is 0. The molecular weight excluding hydrogens is 434 g/mol. The molecule has 0 aliphatic heterocycles. The molecule has 2 heteroatoms. The number of allylic oxidation sites excluding steroid dienone is 4. The molecule has 188 valence electrons. The highest BCUT2D eigenvalue weighted by atomic mass is 19.2. The Morgan fingerprint density at radius 3 is 2.31 bits per heavy atom. The molecule has 35 heavy (non-hydrogen) atoms. The van der Waals surface area contributed by atoms with Gasteiger partial charge in [0.05, 0.1) is 0 Å². The van der Waals surface area contributed by atoms with Crippen molar-refractivity contribution in [2.24, 2.45) is 11.8 Å². The second kappa shape index (κ2) is 12.7. The van der Waals surface area contributed by atoms with Crippen molar-refractivity contribution in [1.82, 2.24) is 0 Å². The maximum Gasteiger partial charge on any atom is 0.166 e. The van der Waals surface area contributed by atoms with E-state index in [-0.39, 0.29) is 0 Å². The topological polar surface area (TPSA) is 0 Å². The molecule has 0 spiro atoms. The zero-order chi connectivity index (χ0) is 24.6. The molecule has 0 amide bonds. The Hall–Kier alpha value is -2.22. The van der Waals surface area contributed by atoms with Gasteiger partial charge in [-0.15, -0.1) is 0 Å². The molecule has 0 N–H and O–H groups in total. The maximum atomic E-state index is 15.0. The highest BCUT2D eigenvalue weighted by Gasteiger charge is 2.22. The summed E-state index contributed by atoms with van der Waals surface area (Å²) in [6, 6.07) is 12.5. The first-order valence-corrected chi connectivity index (χ1v) is 14.0. The molecule has 2 aliphatic rings. The fourth-order valence-corrected chi connectivity index (χ4v) is 6.04. The highest BCUT2D eigenvalue weighted by molar-refractivity contribution is 5.67. The minimum Gasteiger partial charge on any atom is -0.203 e. The third-order valence-corrected chi connectivity index (χ3v) is 8.36. The van der Waals surface area contributed by atoms with E-state index in [1.807, 2.05) is 0 Å². The molecule has 0 heterocycles. The van der Waals surface area contributed by atoms with Crippen LogP contribution in [0.15, 0.2) is 54.6 Å². The summed E-state index contributed by atoms with van der Waals surface area (Å²) in [4.78, 5) is 0. The van der Waals surface area contributed by atoms with Crippen LogP contribution in [0.25, 0.3) is 5.57 Å². The summed E-state index contributed by atoms with van der Waals surface area (Å²) in [5, 5.41) is 0. The lowest BCUT2D eigenvalue weighted by molar-refractivity contribution is 0.294. The number of hydrogen-bond donors (Lipinski definition) is 0. The fourth-order valence-electron chi connectivity index (χ4n) is 6.04. The van der Waals surface area contributed by atoms with Gasteiger partial charge in [-0.05, 0) is 104 Å². The zero-order valence-electron chi connectivity index (χ0n) is 21.7. The lowest BCUT2D eigenvalue weighted by Gasteiger charge is -2.26. The highest BCUT2D eigenvalue weighted by Crippen LogP contribution is 2.37. The summed E-state index contributed by atoms with van der Waals surface area (Å²) < 4.78 is 29.9. The van der Waals surface area contributed by atoms with Crippen LogP contribution in [-0.4, -0.2) is 0 Å². The smallest absolute Gasteiger partial charge is 0.166 e. The van der Waals surface area contributed by atoms with Crippen molar-refractivity contribution in [2.75, 3.05) is 0 Å². The molecule has 2 aromatic rings. The van der Waals surface area contributed by atoms with E-state index in [1.165, 1.54) is 49.7 Å². The first-order valence-electron chi connectivity index (χ1n) is 14.0. The van der Waals surface area contributed by atoms with Gasteiger partial charge in [-0.3, -0.25) is 0 Å². The van der Waals surface area contributed by atoms with Crippen LogP contribution >= 0.6 is 0 Å². The molecule has 0 bridgehead atoms. The lowest BCUT2D eigenvalue weighted by atomic mass is 9.80. The van der Waals surface area contributed by atoms with Crippen LogP contribution in [0, 0.1) is 23.5 Å². The molecule has 0 saturated heterocycles. The van der Waals surface area contributed by atoms with Crippen molar-refractivity contribution in [3.05, 3.63) is 88.5 Å². The SMILES string of the molecule is CCCC1CCC(C=CCCc2ccc(C3=CCC(c4ccc(CC)cc4)CC3)c(F)c2F)CC1. The second-order valence-corrected chi connectivity index (χ2v) is 10.7. The third kappa shape index (κ3) is 6.72. The van der Waals surface area contributed by atoms with Crippen molar-refractivity contribution in [3.63, 3.8) is 0 Å². The fraction of sp³-hybridized carbons (Fsp3) is 0.515. The normalized spacial score (nSPS) is 23.0. The third-order valence-electron chi connectivity index (χ3n) is 8.36. The Labute approximate surface area is 211 Å². The van der Waals surface area contributed by atoms with Crippen molar-refractivity contribution in [1.29, 1.82) is 0 Å². The molecule has 1 atom stereocenters. The van der Waals surface area contributed by atoms with Crippen molar-refractivity contribution in [2.45, 2.75) is 96.8 Å². The molecule has 0 aromatic heterocycles. The van der Waals surface area contributed by atoms with E-state index in [2.05, 4.69) is 56.3 Å². The molecule has 0 radical (unpaired) electrons. The molecule has 2 aliphatic carbocycles. The standard InChI is InChI=1S/C33H42F2/c1-3-7-25-10-12-26(13-11-25)8-5-6-9-30-22-23-31(33(35)32(30)34)29-20-18-28(19-21-29)27-16-14-24(4-2)15-17-27/h5,8,14-17,20,22-23,25-26,28H,3-4,6-7,9-13,18-19,21H2,1-2H3. The molecule has 4 rings (SSSR count). The first-order chi connectivity index (χ1) is 17.1. The van der Waals surface area contributed by atoms with Gasteiger partial charge in [0.1, 0.15) is 0 Å². The monoisotopic (exact) mass is 476 g/mol. The number of rotatable bonds is 9. The largest absolute Gasteiger partial charge is 0.203 e. The van der Waals surface area contributed by atoms with Gasteiger partial charge in [-0.1, -0.05) is 81.3 Å². The van der Waals surface area contributed by atoms with E-state index in [0.29, 0.717) is 29.4 Å². The Balaban J connectivity index is 1.31. The van der Waals surface area contributed by atoms with Gasteiger partial charge < -0.3 is 0 Å². The van der Waals surface area contributed by atoms with Crippen molar-refractivity contribution in [3.8, 4) is 0 Å². The number of benzene rings is 2. The molecule has 2 aromatic carbocycles. The van der Waals surface area contributed by atoms with Crippen LogP contribution in [-0.2, 0) is 12.8 Å². The number of hydrogen-bond acceptors (Lipinski definition) is 0. The average molecular weight is 477 g/mol. The maximum absolute atomic E-state index is 15.0. The Morgan fingerprint density at radius 2 is 1.66 bits per heavy atom. The van der Waals surface area contributed by atoms with Gasteiger partial charge in [-0.2, -0.15) is 0 Å². The van der Waals surface area contributed by atoms with Crippen LogP contribution in [0.3, 0.4) is 0 Å². The van der Waals surface area contributed by atoms with Gasteiger partial charge >= 0.3 is 0 Å². The Bertz CT molecular complexity index is 1010. The van der Waals surface area contributed by atoms with Gasteiger partial charge in [0.15, 0.2) is 11.6 Å². The quantitative estimate of drug-likeness (QED) is 0.316. The minimum atomic E-state index is -0.669. The summed E-state index contributed by atoms with van der Waals surface area (Å²) in [5.74, 6) is 0.716. The summed E-state index contributed by atoms with van der Waals surface area (Å²) in [5.41, 5.74) is 4.59. The van der Waals surface area contributed by atoms with Gasteiger partial charge in [0.2, 0.25) is 0 Å². The molecule has 1 fully saturated rings. The predicted molar refractivity (Wildman–Crippen MR) is 145 cm³/mol. The van der Waals surface area contributed by atoms with Crippen molar-refractivity contribution >= 4 is 5.57 Å². The van der Waals surface area contributed by atoms with Crippen LogP contribution in [0.1, 0.15) is 106 Å². The summed E-state index contributed by atoms with van der Waals surface area (Å²) in [6.07, 6.45) is 19.5. The zero-order valence-corrected chi connectivity index (χ0v) is 21.7. The summed E-state index contributed by atoms with van der Waals surface area (Å²) in [6.45, 7) is 4.44. The minimum absolute atomic E-state index is 0.449. The van der Waals surface area contributed by atoms with E-state index in [0.717, 1.165) is 43.6 Å². The summed E-state index contributed by atoms with van der Waals surface area (Å²) in [7, 11) is 0.